The zero-order valence-electron chi connectivity index (χ0n) is 10.4. The lowest BCUT2D eigenvalue weighted by Gasteiger charge is -2.16. The Hall–Kier alpha value is -1.61. The Morgan fingerprint density at radius 2 is 2.17 bits per heavy atom. The van der Waals surface area contributed by atoms with Gasteiger partial charge in [0, 0.05) is 30.3 Å². The molecule has 0 saturated carbocycles. The number of allylic oxidation sites excluding steroid dienone is 3. The van der Waals surface area contributed by atoms with Crippen LogP contribution in [-0.4, -0.2) is 17.9 Å². The molecule has 0 aliphatic rings. The van der Waals surface area contributed by atoms with Crippen LogP contribution in [0, 0.1) is 5.82 Å². The van der Waals surface area contributed by atoms with Crippen molar-refractivity contribution in [2.45, 2.75) is 13.5 Å². The highest BCUT2D eigenvalue weighted by Crippen LogP contribution is 2.20. The van der Waals surface area contributed by atoms with E-state index in [1.165, 1.54) is 23.1 Å². The van der Waals surface area contributed by atoms with E-state index < -0.39 is 5.82 Å². The van der Waals surface area contributed by atoms with Crippen molar-refractivity contribution < 1.29 is 9.18 Å². The third kappa shape index (κ3) is 4.00. The van der Waals surface area contributed by atoms with Crippen molar-refractivity contribution in [3.05, 3.63) is 58.9 Å². The monoisotopic (exact) mass is 267 g/mol. The van der Waals surface area contributed by atoms with Gasteiger partial charge in [0.15, 0.2) is 0 Å². The van der Waals surface area contributed by atoms with Crippen molar-refractivity contribution >= 4 is 17.5 Å². The number of carbonyl (C=O) groups excluding carboxylic acids is 1. The van der Waals surface area contributed by atoms with Crippen LogP contribution in [0.1, 0.15) is 12.5 Å². The Bertz CT molecular complexity index is 462. The van der Waals surface area contributed by atoms with Crippen LogP contribution in [0.25, 0.3) is 0 Å². The second-order valence-electron chi connectivity index (χ2n) is 3.78. The number of carbonyl (C=O) groups is 1. The minimum Gasteiger partial charge on any atom is -0.338 e. The SMILES string of the molecule is C/C=C/C=C/C(=O)N(C)Cc1c(F)cccc1Cl. The highest BCUT2D eigenvalue weighted by molar-refractivity contribution is 6.31. The van der Waals surface area contributed by atoms with E-state index in [1.54, 1.807) is 25.3 Å². The Morgan fingerprint density at radius 3 is 2.78 bits per heavy atom. The van der Waals surface area contributed by atoms with E-state index in [9.17, 15) is 9.18 Å². The number of hydrogen-bond acceptors (Lipinski definition) is 1. The molecule has 1 amide bonds. The second-order valence-corrected chi connectivity index (χ2v) is 4.19. The van der Waals surface area contributed by atoms with E-state index in [1.807, 2.05) is 13.0 Å². The summed E-state index contributed by atoms with van der Waals surface area (Å²) in [5, 5.41) is 0.326. The molecule has 0 atom stereocenters. The fourth-order valence-electron chi connectivity index (χ4n) is 1.37. The molecule has 0 radical (unpaired) electrons. The number of hydrogen-bond donors (Lipinski definition) is 0. The molecule has 0 N–H and O–H groups in total. The third-order valence-corrected chi connectivity index (χ3v) is 2.73. The van der Waals surface area contributed by atoms with Gasteiger partial charge in [0.2, 0.25) is 5.91 Å². The summed E-state index contributed by atoms with van der Waals surface area (Å²) < 4.78 is 13.5. The molecule has 1 aromatic carbocycles. The van der Waals surface area contributed by atoms with Crippen LogP contribution in [-0.2, 0) is 11.3 Å². The number of amides is 1. The molecule has 0 aliphatic carbocycles. The first-order valence-corrected chi connectivity index (χ1v) is 5.91. The molecular weight excluding hydrogens is 253 g/mol. The van der Waals surface area contributed by atoms with E-state index >= 15 is 0 Å². The fraction of sp³-hybridized carbons (Fsp3) is 0.214. The highest BCUT2D eigenvalue weighted by Gasteiger charge is 2.12. The molecule has 0 unspecified atom stereocenters. The Morgan fingerprint density at radius 1 is 1.44 bits per heavy atom. The maximum Gasteiger partial charge on any atom is 0.246 e. The molecule has 1 rings (SSSR count). The molecule has 0 fully saturated rings. The second kappa shape index (κ2) is 6.97. The molecular formula is C14H15ClFNO. The van der Waals surface area contributed by atoms with Gasteiger partial charge >= 0.3 is 0 Å². The van der Waals surface area contributed by atoms with E-state index in [0.717, 1.165) is 0 Å². The van der Waals surface area contributed by atoms with Gasteiger partial charge in [-0.1, -0.05) is 35.9 Å². The number of nitrogens with zero attached hydrogens (tertiary/aromatic N) is 1. The van der Waals surface area contributed by atoms with Gasteiger partial charge < -0.3 is 4.90 Å². The van der Waals surface area contributed by atoms with E-state index in [-0.39, 0.29) is 12.5 Å². The molecule has 0 aromatic heterocycles. The van der Waals surface area contributed by atoms with Crippen LogP contribution < -0.4 is 0 Å². The summed E-state index contributed by atoms with van der Waals surface area (Å²) in [4.78, 5) is 13.1. The lowest BCUT2D eigenvalue weighted by atomic mass is 10.2. The third-order valence-electron chi connectivity index (χ3n) is 2.38. The van der Waals surface area contributed by atoms with E-state index in [2.05, 4.69) is 0 Å². The summed E-state index contributed by atoms with van der Waals surface area (Å²) in [7, 11) is 1.60. The molecule has 96 valence electrons. The minimum atomic E-state index is -0.403. The minimum absolute atomic E-state index is 0.143. The first-order chi connectivity index (χ1) is 8.56. The Kier molecular flexibility index (Phi) is 5.59. The zero-order chi connectivity index (χ0) is 13.5. The maximum absolute atomic E-state index is 13.5. The van der Waals surface area contributed by atoms with Gasteiger partial charge in [-0.05, 0) is 19.1 Å². The van der Waals surface area contributed by atoms with Crippen molar-refractivity contribution in [1.82, 2.24) is 4.90 Å². The van der Waals surface area contributed by atoms with Crippen molar-refractivity contribution in [3.8, 4) is 0 Å². The smallest absolute Gasteiger partial charge is 0.246 e. The van der Waals surface area contributed by atoms with Crippen molar-refractivity contribution in [2.75, 3.05) is 7.05 Å². The molecule has 0 bridgehead atoms. The Labute approximate surface area is 111 Å². The van der Waals surface area contributed by atoms with Gasteiger partial charge in [0.05, 0.1) is 0 Å². The fourth-order valence-corrected chi connectivity index (χ4v) is 1.60. The van der Waals surface area contributed by atoms with Crippen LogP contribution in [0.15, 0.2) is 42.5 Å². The predicted molar refractivity (Wildman–Crippen MR) is 71.8 cm³/mol. The lowest BCUT2D eigenvalue weighted by molar-refractivity contribution is -0.125. The molecule has 1 aromatic rings. The maximum atomic E-state index is 13.5. The van der Waals surface area contributed by atoms with Crippen LogP contribution in [0.2, 0.25) is 5.02 Å². The lowest BCUT2D eigenvalue weighted by Crippen LogP contribution is -2.24. The molecule has 0 spiro atoms. The quantitative estimate of drug-likeness (QED) is 0.603. The van der Waals surface area contributed by atoms with Gasteiger partial charge in [0.1, 0.15) is 5.82 Å². The van der Waals surface area contributed by atoms with Crippen LogP contribution in [0.4, 0.5) is 4.39 Å². The average molecular weight is 268 g/mol. The number of rotatable bonds is 4. The number of halogens is 2. The predicted octanol–water partition coefficient (Wildman–Crippen LogP) is 3.57. The summed E-state index contributed by atoms with van der Waals surface area (Å²) in [6.45, 7) is 2.00. The van der Waals surface area contributed by atoms with Gasteiger partial charge in [-0.25, -0.2) is 4.39 Å². The number of likely N-dealkylation sites (N-methyl/N-ethyl adjacent to an activating group) is 1. The van der Waals surface area contributed by atoms with Gasteiger partial charge in [-0.2, -0.15) is 0 Å². The molecule has 0 aliphatic heterocycles. The Balaban J connectivity index is 2.75. The number of benzene rings is 1. The van der Waals surface area contributed by atoms with E-state index in [4.69, 9.17) is 11.6 Å². The van der Waals surface area contributed by atoms with Gasteiger partial charge in [0.25, 0.3) is 0 Å². The van der Waals surface area contributed by atoms with Gasteiger partial charge in [-0.3, -0.25) is 4.79 Å². The van der Waals surface area contributed by atoms with Crippen LogP contribution >= 0.6 is 11.6 Å². The zero-order valence-corrected chi connectivity index (χ0v) is 11.1. The first-order valence-electron chi connectivity index (χ1n) is 5.53. The average Bonchev–Trinajstić information content (AvgIpc) is 2.34. The highest BCUT2D eigenvalue weighted by atomic mass is 35.5. The van der Waals surface area contributed by atoms with E-state index in [0.29, 0.717) is 10.6 Å². The standard InChI is InChI=1S/C14H15ClFNO/c1-3-4-5-9-14(18)17(2)10-11-12(15)7-6-8-13(11)16/h3-9H,10H2,1-2H3/b4-3+,9-5+. The van der Waals surface area contributed by atoms with Crippen LogP contribution in [0.3, 0.4) is 0 Å². The largest absolute Gasteiger partial charge is 0.338 e. The van der Waals surface area contributed by atoms with Crippen LogP contribution in [0.5, 0.6) is 0 Å². The molecule has 0 heterocycles. The topological polar surface area (TPSA) is 20.3 Å². The van der Waals surface area contributed by atoms with Gasteiger partial charge in [-0.15, -0.1) is 0 Å². The van der Waals surface area contributed by atoms with Crippen molar-refractivity contribution in [3.63, 3.8) is 0 Å². The van der Waals surface area contributed by atoms with Crippen molar-refractivity contribution in [1.29, 1.82) is 0 Å². The molecule has 0 saturated heterocycles. The summed E-state index contributed by atoms with van der Waals surface area (Å²) in [6, 6.07) is 4.47. The summed E-state index contributed by atoms with van der Waals surface area (Å²) in [5.74, 6) is -0.605. The summed E-state index contributed by atoms with van der Waals surface area (Å²) in [6.07, 6.45) is 6.63. The first kappa shape index (κ1) is 14.5. The molecule has 2 nitrogen and oxygen atoms in total. The summed E-state index contributed by atoms with van der Waals surface area (Å²) >= 11 is 5.90. The molecule has 18 heavy (non-hydrogen) atoms. The summed E-state index contributed by atoms with van der Waals surface area (Å²) in [5.41, 5.74) is 0.328. The molecule has 4 heteroatoms. The van der Waals surface area contributed by atoms with Crippen molar-refractivity contribution in [2.24, 2.45) is 0 Å². The normalized spacial score (nSPS) is 11.3.